The van der Waals surface area contributed by atoms with Gasteiger partial charge in [0.05, 0.1) is 0 Å². The third kappa shape index (κ3) is 3.85. The molecule has 0 aliphatic carbocycles. The molecule has 0 bridgehead atoms. The molecule has 2 amide bonds. The van der Waals surface area contributed by atoms with Crippen molar-refractivity contribution in [2.75, 3.05) is 38.5 Å². The fourth-order valence-corrected chi connectivity index (χ4v) is 2.44. The van der Waals surface area contributed by atoms with E-state index in [2.05, 4.69) is 10.3 Å². The number of nitrogens with zero attached hydrogens (tertiary/aromatic N) is 3. The van der Waals surface area contributed by atoms with Crippen molar-refractivity contribution in [3.05, 3.63) is 22.8 Å². The quantitative estimate of drug-likeness (QED) is 0.859. The second kappa shape index (κ2) is 6.76. The molecule has 1 fully saturated rings. The number of rotatable bonds is 3. The third-order valence-corrected chi connectivity index (χ3v) is 3.55. The van der Waals surface area contributed by atoms with Gasteiger partial charge in [-0.25, -0.2) is 4.98 Å². The number of hydrogen-bond donors (Lipinski definition) is 1. The van der Waals surface area contributed by atoms with Crippen molar-refractivity contribution < 1.29 is 9.59 Å². The number of anilines is 1. The highest BCUT2D eigenvalue weighted by atomic mass is 35.5. The fraction of sp³-hybridized carbons (Fsp3) is 0.500. The molecule has 1 aromatic rings. The van der Waals surface area contributed by atoms with Gasteiger partial charge in [-0.15, -0.1) is 0 Å². The number of hydrogen-bond acceptors (Lipinski definition) is 4. The maximum Gasteiger partial charge on any atom is 0.254 e. The van der Waals surface area contributed by atoms with Gasteiger partial charge in [-0.3, -0.25) is 9.59 Å². The molecule has 1 saturated heterocycles. The minimum absolute atomic E-state index is 0.0482. The van der Waals surface area contributed by atoms with E-state index in [0.717, 1.165) is 6.42 Å². The van der Waals surface area contributed by atoms with Gasteiger partial charge in [0.1, 0.15) is 17.5 Å². The first kappa shape index (κ1) is 15.6. The number of amides is 2. The van der Waals surface area contributed by atoms with E-state index < -0.39 is 0 Å². The minimum atomic E-state index is -0.192. The minimum Gasteiger partial charge on any atom is -0.370 e. The molecule has 0 radical (unpaired) electrons. The summed E-state index contributed by atoms with van der Waals surface area (Å²) in [6, 6.07) is 3.20. The van der Waals surface area contributed by atoms with Crippen molar-refractivity contribution in [2.24, 2.45) is 0 Å². The summed E-state index contributed by atoms with van der Waals surface area (Å²) >= 11 is 5.96. The summed E-state index contributed by atoms with van der Waals surface area (Å²) in [6.45, 7) is 3.96. The van der Waals surface area contributed by atoms with Crippen LogP contribution in [0.1, 0.15) is 23.7 Å². The third-order valence-electron chi connectivity index (χ3n) is 3.36. The molecule has 2 heterocycles. The van der Waals surface area contributed by atoms with Crippen LogP contribution >= 0.6 is 11.6 Å². The van der Waals surface area contributed by atoms with E-state index in [-0.39, 0.29) is 23.5 Å². The lowest BCUT2D eigenvalue weighted by atomic mass is 10.2. The lowest BCUT2D eigenvalue weighted by molar-refractivity contribution is -0.129. The molecule has 1 aliphatic heterocycles. The number of likely N-dealkylation sites (N-methyl/N-ethyl adjacent to an activating group) is 1. The highest BCUT2D eigenvalue weighted by Gasteiger charge is 2.24. The van der Waals surface area contributed by atoms with Crippen molar-refractivity contribution in [3.63, 3.8) is 0 Å². The standard InChI is InChI=1S/C14H19ClN4O2/c1-3-16-12-8-10(7-11(15)17-12)14(21)19-6-4-5-18(2)13(20)9-19/h7-8H,3-6,9H2,1-2H3,(H,16,17). The molecule has 7 heteroatoms. The van der Waals surface area contributed by atoms with Crippen LogP contribution in [0.5, 0.6) is 0 Å². The molecular formula is C14H19ClN4O2. The molecule has 6 nitrogen and oxygen atoms in total. The Bertz CT molecular complexity index is 550. The second-order valence-corrected chi connectivity index (χ2v) is 5.38. The Balaban J connectivity index is 2.20. The van der Waals surface area contributed by atoms with Crippen LogP contribution in [0.25, 0.3) is 0 Å². The van der Waals surface area contributed by atoms with Gasteiger partial charge in [0.15, 0.2) is 0 Å². The average molecular weight is 311 g/mol. The van der Waals surface area contributed by atoms with E-state index in [9.17, 15) is 9.59 Å². The number of carbonyl (C=O) groups is 2. The number of nitrogens with one attached hydrogen (secondary N) is 1. The average Bonchev–Trinajstić information content (AvgIpc) is 2.60. The monoisotopic (exact) mass is 310 g/mol. The van der Waals surface area contributed by atoms with E-state index in [4.69, 9.17) is 11.6 Å². The van der Waals surface area contributed by atoms with Crippen molar-refractivity contribution >= 4 is 29.2 Å². The zero-order valence-electron chi connectivity index (χ0n) is 12.2. The topological polar surface area (TPSA) is 65.5 Å². The summed E-state index contributed by atoms with van der Waals surface area (Å²) in [5.74, 6) is 0.321. The van der Waals surface area contributed by atoms with Crippen molar-refractivity contribution in [3.8, 4) is 0 Å². The first-order valence-corrected chi connectivity index (χ1v) is 7.33. The molecule has 0 atom stereocenters. The van der Waals surface area contributed by atoms with Gasteiger partial charge in [0, 0.05) is 32.2 Å². The van der Waals surface area contributed by atoms with Crippen molar-refractivity contribution in [1.29, 1.82) is 0 Å². The molecule has 0 spiro atoms. The van der Waals surface area contributed by atoms with E-state index in [1.807, 2.05) is 6.92 Å². The Kier molecular flexibility index (Phi) is 5.01. The number of aromatic nitrogens is 1. The molecule has 0 aromatic carbocycles. The summed E-state index contributed by atoms with van der Waals surface area (Å²) in [6.07, 6.45) is 0.771. The zero-order chi connectivity index (χ0) is 15.4. The predicted octanol–water partition coefficient (Wildman–Crippen LogP) is 1.47. The van der Waals surface area contributed by atoms with Crippen LogP contribution in [0.2, 0.25) is 5.15 Å². The van der Waals surface area contributed by atoms with E-state index in [1.165, 1.54) is 6.07 Å². The number of halogens is 1. The van der Waals surface area contributed by atoms with Crippen LogP contribution < -0.4 is 5.32 Å². The Hall–Kier alpha value is -1.82. The van der Waals surface area contributed by atoms with E-state index >= 15 is 0 Å². The van der Waals surface area contributed by atoms with Gasteiger partial charge in [-0.05, 0) is 25.5 Å². The maximum absolute atomic E-state index is 12.6. The molecule has 0 unspecified atom stereocenters. The van der Waals surface area contributed by atoms with E-state index in [1.54, 1.807) is 22.9 Å². The molecule has 21 heavy (non-hydrogen) atoms. The highest BCUT2D eigenvalue weighted by Crippen LogP contribution is 2.17. The van der Waals surface area contributed by atoms with Gasteiger partial charge < -0.3 is 15.1 Å². The second-order valence-electron chi connectivity index (χ2n) is 4.99. The van der Waals surface area contributed by atoms with Crippen LogP contribution in [0, 0.1) is 0 Å². The predicted molar refractivity (Wildman–Crippen MR) is 81.6 cm³/mol. The summed E-state index contributed by atoms with van der Waals surface area (Å²) < 4.78 is 0. The molecule has 1 aliphatic rings. The molecule has 114 valence electrons. The summed E-state index contributed by atoms with van der Waals surface area (Å²) in [4.78, 5) is 31.7. The first-order valence-electron chi connectivity index (χ1n) is 6.96. The van der Waals surface area contributed by atoms with Crippen LogP contribution in [0.3, 0.4) is 0 Å². The van der Waals surface area contributed by atoms with Gasteiger partial charge in [-0.1, -0.05) is 11.6 Å². The summed E-state index contributed by atoms with van der Waals surface area (Å²) in [5, 5.41) is 3.29. The summed E-state index contributed by atoms with van der Waals surface area (Å²) in [7, 11) is 1.75. The first-order chi connectivity index (χ1) is 10.0. The van der Waals surface area contributed by atoms with Gasteiger partial charge >= 0.3 is 0 Å². The Morgan fingerprint density at radius 1 is 1.43 bits per heavy atom. The van der Waals surface area contributed by atoms with Crippen LogP contribution in [0.4, 0.5) is 5.82 Å². The Morgan fingerprint density at radius 3 is 2.90 bits per heavy atom. The lowest BCUT2D eigenvalue weighted by Crippen LogP contribution is -2.38. The van der Waals surface area contributed by atoms with Crippen LogP contribution in [-0.4, -0.2) is 59.8 Å². The van der Waals surface area contributed by atoms with E-state index in [0.29, 0.717) is 31.0 Å². The van der Waals surface area contributed by atoms with Crippen molar-refractivity contribution in [1.82, 2.24) is 14.8 Å². The Morgan fingerprint density at radius 2 is 2.19 bits per heavy atom. The summed E-state index contributed by atoms with van der Waals surface area (Å²) in [5.41, 5.74) is 0.448. The number of carbonyl (C=O) groups excluding carboxylic acids is 2. The number of pyridine rings is 1. The molecule has 1 N–H and O–H groups in total. The SMILES string of the molecule is CCNc1cc(C(=O)N2CCCN(C)C(=O)C2)cc(Cl)n1. The van der Waals surface area contributed by atoms with Gasteiger partial charge in [0.2, 0.25) is 5.91 Å². The zero-order valence-corrected chi connectivity index (χ0v) is 13.0. The van der Waals surface area contributed by atoms with Crippen LogP contribution in [0.15, 0.2) is 12.1 Å². The molecule has 1 aromatic heterocycles. The molecular weight excluding hydrogens is 292 g/mol. The highest BCUT2D eigenvalue weighted by molar-refractivity contribution is 6.29. The van der Waals surface area contributed by atoms with Crippen molar-refractivity contribution in [2.45, 2.75) is 13.3 Å². The Labute approximate surface area is 129 Å². The largest absolute Gasteiger partial charge is 0.370 e. The van der Waals surface area contributed by atoms with Gasteiger partial charge in [-0.2, -0.15) is 0 Å². The lowest BCUT2D eigenvalue weighted by Gasteiger charge is -2.20. The van der Waals surface area contributed by atoms with Gasteiger partial charge in [0.25, 0.3) is 5.91 Å². The smallest absolute Gasteiger partial charge is 0.254 e. The normalized spacial score (nSPS) is 15.9. The van der Waals surface area contributed by atoms with Crippen LogP contribution in [-0.2, 0) is 4.79 Å². The maximum atomic E-state index is 12.6. The molecule has 2 rings (SSSR count). The molecule has 0 saturated carbocycles. The fourth-order valence-electron chi connectivity index (χ4n) is 2.23.